The lowest BCUT2D eigenvalue weighted by atomic mass is 9.80. The number of hydrogen-bond acceptors (Lipinski definition) is 4. The van der Waals surface area contributed by atoms with E-state index < -0.39 is 17.4 Å². The molecule has 0 spiro atoms. The highest BCUT2D eigenvalue weighted by Crippen LogP contribution is 2.28. The minimum Gasteiger partial charge on any atom is -0.354 e. The van der Waals surface area contributed by atoms with E-state index in [0.717, 1.165) is 32.1 Å². The molecule has 8 nitrogen and oxygen atoms in total. The lowest BCUT2D eigenvalue weighted by Crippen LogP contribution is -2.62. The Hall–Kier alpha value is -2.12. The third kappa shape index (κ3) is 5.20. The predicted octanol–water partition coefficient (Wildman–Crippen LogP) is 0.413. The van der Waals surface area contributed by atoms with Crippen molar-refractivity contribution in [2.45, 2.75) is 64.3 Å². The lowest BCUT2D eigenvalue weighted by Gasteiger charge is -2.38. The van der Waals surface area contributed by atoms with Crippen LogP contribution < -0.4 is 10.6 Å². The number of unbranched alkanes of at least 4 members (excludes halogenated alkanes) is 1. The number of likely N-dealkylation sites (N-methyl/N-ethyl adjacent to an activating group) is 1. The molecule has 0 aromatic carbocycles. The Balaban J connectivity index is 1.98. The summed E-state index contributed by atoms with van der Waals surface area (Å²) in [6, 6.07) is 0. The summed E-state index contributed by atoms with van der Waals surface area (Å²) in [5, 5.41) is 5.83. The van der Waals surface area contributed by atoms with Gasteiger partial charge in [0.1, 0.15) is 12.1 Å². The van der Waals surface area contributed by atoms with Crippen molar-refractivity contribution in [1.29, 1.82) is 0 Å². The number of carbonyl (C=O) groups excluding carboxylic acids is 4. The molecule has 1 saturated carbocycles. The molecule has 0 unspecified atom stereocenters. The largest absolute Gasteiger partial charge is 0.354 e. The molecule has 0 aromatic rings. The van der Waals surface area contributed by atoms with Crippen LogP contribution in [-0.2, 0) is 19.2 Å². The van der Waals surface area contributed by atoms with Gasteiger partial charge in [0.2, 0.25) is 11.8 Å². The average Bonchev–Trinajstić information content (AvgIpc) is 2.66. The molecule has 152 valence electrons. The van der Waals surface area contributed by atoms with Gasteiger partial charge in [-0.05, 0) is 26.2 Å². The zero-order valence-electron chi connectivity index (χ0n) is 16.5. The number of carbonyl (C=O) groups is 4. The van der Waals surface area contributed by atoms with Crippen LogP contribution in [0.15, 0.2) is 0 Å². The van der Waals surface area contributed by atoms with Gasteiger partial charge in [0.05, 0.1) is 0 Å². The van der Waals surface area contributed by atoms with Gasteiger partial charge in [-0.2, -0.15) is 0 Å². The fourth-order valence-electron chi connectivity index (χ4n) is 3.76. The Morgan fingerprint density at radius 3 is 2.26 bits per heavy atom. The summed E-state index contributed by atoms with van der Waals surface area (Å²) in [6.07, 6.45) is 5.90. The second kappa shape index (κ2) is 9.71. The van der Waals surface area contributed by atoms with Gasteiger partial charge in [0.15, 0.2) is 0 Å². The SMILES string of the molecule is CCCCNC(=O)C1(NC(=O)CN2CCN(CC)C(=O)C2=O)CCCCC1. The standard InChI is InChI=1S/C19H32N4O4/c1-3-5-11-20-18(27)19(9-7-6-8-10-19)21-15(24)14-23-13-12-22(4-2)16(25)17(23)26/h3-14H2,1-2H3,(H,20,27)(H,21,24). The van der Waals surface area contributed by atoms with E-state index in [9.17, 15) is 19.2 Å². The van der Waals surface area contributed by atoms with E-state index in [1.807, 2.05) is 6.92 Å². The molecule has 4 amide bonds. The number of nitrogens with one attached hydrogen (secondary N) is 2. The fraction of sp³-hybridized carbons (Fsp3) is 0.789. The van der Waals surface area contributed by atoms with Crippen molar-refractivity contribution in [2.24, 2.45) is 0 Å². The summed E-state index contributed by atoms with van der Waals surface area (Å²) in [7, 11) is 0. The maximum absolute atomic E-state index is 12.8. The topological polar surface area (TPSA) is 98.8 Å². The first kappa shape index (κ1) is 21.2. The predicted molar refractivity (Wildman–Crippen MR) is 101 cm³/mol. The summed E-state index contributed by atoms with van der Waals surface area (Å²) in [6.45, 7) is 5.52. The van der Waals surface area contributed by atoms with Crippen LogP contribution in [0.2, 0.25) is 0 Å². The Morgan fingerprint density at radius 1 is 1.00 bits per heavy atom. The van der Waals surface area contributed by atoms with E-state index in [1.165, 1.54) is 9.80 Å². The smallest absolute Gasteiger partial charge is 0.312 e. The van der Waals surface area contributed by atoms with Gasteiger partial charge in [0.25, 0.3) is 0 Å². The molecule has 2 aliphatic rings. The van der Waals surface area contributed by atoms with Crippen LogP contribution in [0.4, 0.5) is 0 Å². The summed E-state index contributed by atoms with van der Waals surface area (Å²) in [5.74, 6) is -1.74. The molecule has 0 aromatic heterocycles. The Labute approximate surface area is 161 Å². The van der Waals surface area contributed by atoms with Crippen molar-refractivity contribution in [2.75, 3.05) is 32.7 Å². The molecular formula is C19H32N4O4. The van der Waals surface area contributed by atoms with Gasteiger partial charge in [-0.3, -0.25) is 19.2 Å². The zero-order chi connectivity index (χ0) is 19.9. The van der Waals surface area contributed by atoms with Crippen LogP contribution in [0, 0.1) is 0 Å². The number of piperazine rings is 1. The van der Waals surface area contributed by atoms with Gasteiger partial charge in [0, 0.05) is 26.2 Å². The van der Waals surface area contributed by atoms with Gasteiger partial charge in [-0.15, -0.1) is 0 Å². The van der Waals surface area contributed by atoms with Crippen molar-refractivity contribution in [3.8, 4) is 0 Å². The Kier molecular flexibility index (Phi) is 7.62. The summed E-state index contributed by atoms with van der Waals surface area (Å²) < 4.78 is 0. The maximum atomic E-state index is 12.8. The first-order valence-electron chi connectivity index (χ1n) is 10.1. The maximum Gasteiger partial charge on any atom is 0.312 e. The number of nitrogens with zero attached hydrogens (tertiary/aromatic N) is 2. The van der Waals surface area contributed by atoms with Gasteiger partial charge >= 0.3 is 11.8 Å². The molecule has 2 fully saturated rings. The molecule has 2 N–H and O–H groups in total. The van der Waals surface area contributed by atoms with E-state index >= 15 is 0 Å². The van der Waals surface area contributed by atoms with Gasteiger partial charge in [-0.1, -0.05) is 32.6 Å². The minimum absolute atomic E-state index is 0.137. The van der Waals surface area contributed by atoms with Gasteiger partial charge < -0.3 is 20.4 Å². The van der Waals surface area contributed by atoms with Crippen molar-refractivity contribution >= 4 is 23.6 Å². The second-order valence-electron chi connectivity index (χ2n) is 7.41. The van der Waals surface area contributed by atoms with Crippen molar-refractivity contribution < 1.29 is 19.2 Å². The van der Waals surface area contributed by atoms with Crippen LogP contribution in [0.1, 0.15) is 58.8 Å². The van der Waals surface area contributed by atoms with Crippen LogP contribution in [0.3, 0.4) is 0 Å². The third-order valence-corrected chi connectivity index (χ3v) is 5.45. The summed E-state index contributed by atoms with van der Waals surface area (Å²) >= 11 is 0. The first-order chi connectivity index (χ1) is 12.9. The number of hydrogen-bond donors (Lipinski definition) is 2. The molecule has 1 saturated heterocycles. The third-order valence-electron chi connectivity index (χ3n) is 5.45. The minimum atomic E-state index is -0.901. The number of amides is 4. The molecule has 1 heterocycles. The lowest BCUT2D eigenvalue weighted by molar-refractivity contribution is -0.157. The first-order valence-corrected chi connectivity index (χ1v) is 10.1. The van der Waals surface area contributed by atoms with Crippen molar-refractivity contribution in [3.05, 3.63) is 0 Å². The monoisotopic (exact) mass is 380 g/mol. The highest BCUT2D eigenvalue weighted by atomic mass is 16.2. The Bertz CT molecular complexity index is 572. The van der Waals surface area contributed by atoms with E-state index in [0.29, 0.717) is 39.0 Å². The highest BCUT2D eigenvalue weighted by Gasteiger charge is 2.41. The van der Waals surface area contributed by atoms with E-state index in [4.69, 9.17) is 0 Å². The summed E-state index contributed by atoms with van der Waals surface area (Å²) in [4.78, 5) is 52.3. The molecule has 1 aliphatic carbocycles. The Morgan fingerprint density at radius 2 is 1.63 bits per heavy atom. The normalized spacial score (nSPS) is 19.8. The molecule has 1 aliphatic heterocycles. The molecular weight excluding hydrogens is 348 g/mol. The van der Waals surface area contributed by atoms with Crippen molar-refractivity contribution in [1.82, 2.24) is 20.4 Å². The molecule has 0 radical (unpaired) electrons. The van der Waals surface area contributed by atoms with Gasteiger partial charge in [-0.25, -0.2) is 0 Å². The van der Waals surface area contributed by atoms with Crippen LogP contribution >= 0.6 is 0 Å². The second-order valence-corrected chi connectivity index (χ2v) is 7.41. The quantitative estimate of drug-likeness (QED) is 0.471. The van der Waals surface area contributed by atoms with Crippen molar-refractivity contribution in [3.63, 3.8) is 0 Å². The zero-order valence-corrected chi connectivity index (χ0v) is 16.5. The molecule has 2 rings (SSSR count). The molecule has 0 bridgehead atoms. The van der Waals surface area contributed by atoms with Crippen LogP contribution in [0.25, 0.3) is 0 Å². The van der Waals surface area contributed by atoms with Crippen LogP contribution in [-0.4, -0.2) is 71.7 Å². The number of rotatable bonds is 8. The molecule has 27 heavy (non-hydrogen) atoms. The van der Waals surface area contributed by atoms with Crippen LogP contribution in [0.5, 0.6) is 0 Å². The van der Waals surface area contributed by atoms with E-state index in [2.05, 4.69) is 17.6 Å². The highest BCUT2D eigenvalue weighted by molar-refractivity contribution is 6.35. The van der Waals surface area contributed by atoms with E-state index in [1.54, 1.807) is 0 Å². The fourth-order valence-corrected chi connectivity index (χ4v) is 3.76. The molecule has 0 atom stereocenters. The van der Waals surface area contributed by atoms with E-state index in [-0.39, 0.29) is 18.4 Å². The summed E-state index contributed by atoms with van der Waals surface area (Å²) in [5.41, 5.74) is -0.901. The molecule has 8 heteroatoms. The average molecular weight is 380 g/mol.